The molecule has 120 valence electrons. The van der Waals surface area contributed by atoms with Gasteiger partial charge in [-0.3, -0.25) is 5.32 Å². The fraction of sp³-hybridized carbons (Fsp3) is 0.611. The van der Waals surface area contributed by atoms with Crippen LogP contribution in [0.4, 0.5) is 4.79 Å². The van der Waals surface area contributed by atoms with Gasteiger partial charge in [0.15, 0.2) is 0 Å². The highest BCUT2D eigenvalue weighted by molar-refractivity contribution is 5.68. The van der Waals surface area contributed by atoms with E-state index in [-0.39, 0.29) is 18.4 Å². The largest absolute Gasteiger partial charge is 0.442 e. The maximum atomic E-state index is 12.2. The summed E-state index contributed by atoms with van der Waals surface area (Å²) in [7, 11) is 0. The quantitative estimate of drug-likeness (QED) is 0.897. The van der Waals surface area contributed by atoms with Crippen LogP contribution >= 0.6 is 0 Å². The lowest BCUT2D eigenvalue weighted by Gasteiger charge is -2.42. The average molecular weight is 302 g/mol. The first kappa shape index (κ1) is 15.3. The lowest BCUT2D eigenvalue weighted by Crippen LogP contribution is -2.56. The van der Waals surface area contributed by atoms with Crippen molar-refractivity contribution in [2.45, 2.75) is 51.3 Å². The van der Waals surface area contributed by atoms with Crippen molar-refractivity contribution in [3.63, 3.8) is 0 Å². The number of carbonyl (C=O) groups is 1. The first-order valence-corrected chi connectivity index (χ1v) is 8.49. The molecular weight excluding hydrogens is 276 g/mol. The summed E-state index contributed by atoms with van der Waals surface area (Å²) in [5.74, 6) is 1.31. The Morgan fingerprint density at radius 1 is 1.23 bits per heavy atom. The summed E-state index contributed by atoms with van der Waals surface area (Å²) >= 11 is 0. The minimum absolute atomic E-state index is 0.0644. The van der Waals surface area contributed by atoms with Gasteiger partial charge in [0.25, 0.3) is 0 Å². The predicted octanol–water partition coefficient (Wildman–Crippen LogP) is 3.60. The smallest absolute Gasteiger partial charge is 0.408 e. The van der Waals surface area contributed by atoms with Crippen molar-refractivity contribution in [3.05, 3.63) is 35.9 Å². The summed E-state index contributed by atoms with van der Waals surface area (Å²) in [5.41, 5.74) is 1.02. The first-order valence-electron chi connectivity index (χ1n) is 8.49. The molecule has 1 aliphatic heterocycles. The number of benzene rings is 1. The van der Waals surface area contributed by atoms with E-state index in [9.17, 15) is 4.79 Å². The third kappa shape index (κ3) is 3.61. The molecule has 4 unspecified atom stereocenters. The van der Waals surface area contributed by atoms with Crippen LogP contribution in [-0.2, 0) is 4.74 Å². The summed E-state index contributed by atoms with van der Waals surface area (Å²) in [4.78, 5) is 12.2. The number of fused-ring (bicyclic) bond motifs is 1. The van der Waals surface area contributed by atoms with Gasteiger partial charge in [-0.15, -0.1) is 0 Å². The molecule has 1 amide bonds. The van der Waals surface area contributed by atoms with Gasteiger partial charge in [-0.25, -0.2) is 4.79 Å². The van der Waals surface area contributed by atoms with Gasteiger partial charge in [-0.05, 0) is 43.7 Å². The normalized spacial score (nSPS) is 29.2. The molecule has 1 saturated heterocycles. The number of ether oxygens (including phenoxy) is 1. The number of amides is 1. The molecule has 2 fully saturated rings. The van der Waals surface area contributed by atoms with Crippen molar-refractivity contribution in [2.24, 2.45) is 11.8 Å². The van der Waals surface area contributed by atoms with Crippen LogP contribution in [0.1, 0.15) is 50.7 Å². The number of piperidine rings is 1. The molecule has 0 radical (unpaired) electrons. The molecule has 1 heterocycles. The molecule has 3 rings (SSSR count). The second kappa shape index (κ2) is 7.14. The third-order valence-corrected chi connectivity index (χ3v) is 5.10. The number of hydrogen-bond donors (Lipinski definition) is 2. The second-order valence-electron chi connectivity index (χ2n) is 6.53. The van der Waals surface area contributed by atoms with Gasteiger partial charge < -0.3 is 10.1 Å². The topological polar surface area (TPSA) is 50.4 Å². The van der Waals surface area contributed by atoms with Gasteiger partial charge in [-0.1, -0.05) is 49.6 Å². The fourth-order valence-corrected chi connectivity index (χ4v) is 3.88. The monoisotopic (exact) mass is 302 g/mol. The molecule has 22 heavy (non-hydrogen) atoms. The molecule has 0 aromatic heterocycles. The molecule has 0 bridgehead atoms. The highest BCUT2D eigenvalue weighted by Crippen LogP contribution is 2.36. The Labute approximate surface area is 132 Å². The zero-order chi connectivity index (χ0) is 15.4. The van der Waals surface area contributed by atoms with Gasteiger partial charge in [0, 0.05) is 0 Å². The standard InChI is InChI=1S/C18H26N2O2/c1-13(14-7-3-2-4-8-14)22-18(21)20-17-16-10-6-5-9-15(16)11-12-19-17/h2-4,7-8,13,15-17,19H,5-6,9-12H2,1H3,(H,20,21). The van der Waals surface area contributed by atoms with Crippen molar-refractivity contribution in [2.75, 3.05) is 6.54 Å². The van der Waals surface area contributed by atoms with Crippen LogP contribution in [0.3, 0.4) is 0 Å². The molecule has 1 aliphatic carbocycles. The van der Waals surface area contributed by atoms with Crippen molar-refractivity contribution in [3.8, 4) is 0 Å². The number of rotatable bonds is 3. The molecule has 4 atom stereocenters. The zero-order valence-corrected chi connectivity index (χ0v) is 13.3. The molecule has 1 aromatic carbocycles. The van der Waals surface area contributed by atoms with Crippen LogP contribution in [0.15, 0.2) is 30.3 Å². The molecule has 1 aromatic rings. The van der Waals surface area contributed by atoms with Crippen LogP contribution < -0.4 is 10.6 Å². The molecule has 2 aliphatic rings. The summed E-state index contributed by atoms with van der Waals surface area (Å²) in [6.07, 6.45) is 5.87. The third-order valence-electron chi connectivity index (χ3n) is 5.10. The van der Waals surface area contributed by atoms with E-state index < -0.39 is 0 Å². The molecule has 4 heteroatoms. The molecule has 2 N–H and O–H groups in total. The van der Waals surface area contributed by atoms with Crippen LogP contribution in [0, 0.1) is 11.8 Å². The Balaban J connectivity index is 1.54. The second-order valence-corrected chi connectivity index (χ2v) is 6.53. The number of carbonyl (C=O) groups excluding carboxylic acids is 1. The van der Waals surface area contributed by atoms with E-state index in [1.54, 1.807) is 0 Å². The fourth-order valence-electron chi connectivity index (χ4n) is 3.88. The van der Waals surface area contributed by atoms with Crippen LogP contribution in [-0.4, -0.2) is 18.8 Å². The zero-order valence-electron chi connectivity index (χ0n) is 13.3. The van der Waals surface area contributed by atoms with Crippen LogP contribution in [0.2, 0.25) is 0 Å². The number of nitrogens with one attached hydrogen (secondary N) is 2. The highest BCUT2D eigenvalue weighted by atomic mass is 16.6. The summed E-state index contributed by atoms with van der Waals surface area (Å²) < 4.78 is 5.53. The predicted molar refractivity (Wildman–Crippen MR) is 86.3 cm³/mol. The van der Waals surface area contributed by atoms with Gasteiger partial charge in [0.2, 0.25) is 0 Å². The van der Waals surface area contributed by atoms with E-state index in [4.69, 9.17) is 4.74 Å². The Hall–Kier alpha value is -1.55. The van der Waals surface area contributed by atoms with Crippen molar-refractivity contribution in [1.82, 2.24) is 10.6 Å². The lowest BCUT2D eigenvalue weighted by molar-refractivity contribution is 0.0766. The minimum Gasteiger partial charge on any atom is -0.442 e. The minimum atomic E-state index is -0.319. The van der Waals surface area contributed by atoms with Gasteiger partial charge >= 0.3 is 6.09 Å². The lowest BCUT2D eigenvalue weighted by atomic mass is 9.74. The SMILES string of the molecule is CC(OC(=O)NC1NCCC2CCCCC21)c1ccccc1. The first-order chi connectivity index (χ1) is 10.7. The van der Waals surface area contributed by atoms with E-state index in [1.165, 1.54) is 32.1 Å². The van der Waals surface area contributed by atoms with Gasteiger partial charge in [0.1, 0.15) is 6.10 Å². The maximum Gasteiger partial charge on any atom is 0.408 e. The Bertz CT molecular complexity index is 489. The number of alkyl carbamates (subject to hydrolysis) is 1. The molecule has 0 spiro atoms. The molecule has 1 saturated carbocycles. The van der Waals surface area contributed by atoms with Gasteiger partial charge in [0.05, 0.1) is 6.17 Å². The molecule has 4 nitrogen and oxygen atoms in total. The Morgan fingerprint density at radius 3 is 2.82 bits per heavy atom. The summed E-state index contributed by atoms with van der Waals surface area (Å²) in [5, 5.41) is 6.50. The average Bonchev–Trinajstić information content (AvgIpc) is 2.56. The molecular formula is C18H26N2O2. The van der Waals surface area contributed by atoms with E-state index >= 15 is 0 Å². The van der Waals surface area contributed by atoms with Crippen molar-refractivity contribution in [1.29, 1.82) is 0 Å². The summed E-state index contributed by atoms with van der Waals surface area (Å²) in [6, 6.07) is 9.85. The van der Waals surface area contributed by atoms with E-state index in [1.807, 2.05) is 37.3 Å². The van der Waals surface area contributed by atoms with Crippen molar-refractivity contribution >= 4 is 6.09 Å². The van der Waals surface area contributed by atoms with E-state index in [2.05, 4.69) is 10.6 Å². The summed E-state index contributed by atoms with van der Waals surface area (Å²) in [6.45, 7) is 2.90. The Morgan fingerprint density at radius 2 is 2.00 bits per heavy atom. The van der Waals surface area contributed by atoms with Crippen LogP contribution in [0.25, 0.3) is 0 Å². The highest BCUT2D eigenvalue weighted by Gasteiger charge is 2.35. The number of hydrogen-bond acceptors (Lipinski definition) is 3. The van der Waals surface area contributed by atoms with E-state index in [0.717, 1.165) is 18.0 Å². The van der Waals surface area contributed by atoms with Crippen molar-refractivity contribution < 1.29 is 9.53 Å². The van der Waals surface area contributed by atoms with Gasteiger partial charge in [-0.2, -0.15) is 0 Å². The van der Waals surface area contributed by atoms with E-state index in [0.29, 0.717) is 5.92 Å². The van der Waals surface area contributed by atoms with Crippen LogP contribution in [0.5, 0.6) is 0 Å². The Kier molecular flexibility index (Phi) is 4.98. The maximum absolute atomic E-state index is 12.2.